The zero-order chi connectivity index (χ0) is 11.6. The van der Waals surface area contributed by atoms with Crippen molar-refractivity contribution in [3.63, 3.8) is 0 Å². The predicted molar refractivity (Wildman–Crippen MR) is 59.1 cm³/mol. The lowest BCUT2D eigenvalue weighted by Crippen LogP contribution is -2.61. The van der Waals surface area contributed by atoms with Crippen LogP contribution in [0.5, 0.6) is 0 Å². The second-order valence-electron chi connectivity index (χ2n) is 3.42. The molecule has 7 heteroatoms. The lowest BCUT2D eigenvalue weighted by atomic mass is 10.1. The summed E-state index contributed by atoms with van der Waals surface area (Å²) in [6, 6.07) is -0.574. The molecule has 1 rings (SSSR count). The molecule has 1 aliphatic heterocycles. The summed E-state index contributed by atoms with van der Waals surface area (Å²) in [5.74, 6) is -1.49. The van der Waals surface area contributed by atoms with Crippen molar-refractivity contribution >= 4 is 24.3 Å². The molecule has 1 saturated heterocycles. The van der Waals surface area contributed by atoms with Gasteiger partial charge in [0.05, 0.1) is 13.2 Å². The SMILES string of the molecule is COCC(C)=C(C(=O)O)N1CC(N)C1=O.Cl. The van der Waals surface area contributed by atoms with E-state index in [0.717, 1.165) is 0 Å². The zero-order valence-corrected chi connectivity index (χ0v) is 9.91. The minimum atomic E-state index is -1.13. The number of hydrogen-bond acceptors (Lipinski definition) is 4. The van der Waals surface area contributed by atoms with Gasteiger partial charge in [0.1, 0.15) is 11.7 Å². The molecule has 1 aliphatic rings. The van der Waals surface area contributed by atoms with Crippen molar-refractivity contribution in [1.29, 1.82) is 0 Å². The fourth-order valence-corrected chi connectivity index (χ4v) is 1.47. The number of methoxy groups -OCH3 is 1. The van der Waals surface area contributed by atoms with Gasteiger partial charge >= 0.3 is 5.97 Å². The van der Waals surface area contributed by atoms with Crippen LogP contribution in [0.4, 0.5) is 0 Å². The normalized spacial score (nSPS) is 20.8. The highest BCUT2D eigenvalue weighted by molar-refractivity contribution is 5.98. The van der Waals surface area contributed by atoms with Crippen LogP contribution in [0.2, 0.25) is 0 Å². The summed E-state index contributed by atoms with van der Waals surface area (Å²) in [6.45, 7) is 2.05. The largest absolute Gasteiger partial charge is 0.477 e. The summed E-state index contributed by atoms with van der Waals surface area (Å²) in [6.07, 6.45) is 0. The smallest absolute Gasteiger partial charge is 0.352 e. The van der Waals surface area contributed by atoms with Crippen LogP contribution in [0.15, 0.2) is 11.3 Å². The average Bonchev–Trinajstić information content (AvgIpc) is 2.17. The van der Waals surface area contributed by atoms with Gasteiger partial charge in [-0.1, -0.05) is 0 Å². The van der Waals surface area contributed by atoms with Crippen LogP contribution >= 0.6 is 12.4 Å². The minimum absolute atomic E-state index is 0. The summed E-state index contributed by atoms with van der Waals surface area (Å²) >= 11 is 0. The molecular weight excluding hydrogens is 236 g/mol. The van der Waals surface area contributed by atoms with Crippen LogP contribution in [0.3, 0.4) is 0 Å². The Morgan fingerprint density at radius 2 is 2.25 bits per heavy atom. The van der Waals surface area contributed by atoms with Gasteiger partial charge < -0.3 is 20.5 Å². The maximum Gasteiger partial charge on any atom is 0.352 e. The summed E-state index contributed by atoms with van der Waals surface area (Å²) < 4.78 is 4.83. The second-order valence-corrected chi connectivity index (χ2v) is 3.42. The van der Waals surface area contributed by atoms with Crippen LogP contribution in [0.25, 0.3) is 0 Å². The maximum absolute atomic E-state index is 11.3. The molecule has 16 heavy (non-hydrogen) atoms. The molecular formula is C9H15ClN2O4. The Morgan fingerprint density at radius 1 is 1.69 bits per heavy atom. The van der Waals surface area contributed by atoms with Crippen molar-refractivity contribution in [2.75, 3.05) is 20.3 Å². The molecule has 0 aromatic carbocycles. The van der Waals surface area contributed by atoms with Crippen molar-refractivity contribution in [3.05, 3.63) is 11.3 Å². The Balaban J connectivity index is 0.00000225. The first-order valence-electron chi connectivity index (χ1n) is 4.48. The third-order valence-electron chi connectivity index (χ3n) is 2.20. The van der Waals surface area contributed by atoms with E-state index in [2.05, 4.69) is 0 Å². The molecule has 0 aliphatic carbocycles. The predicted octanol–water partition coefficient (Wildman–Crippen LogP) is -0.417. The zero-order valence-electron chi connectivity index (χ0n) is 9.10. The number of halogens is 1. The second kappa shape index (κ2) is 5.83. The molecule has 1 amide bonds. The molecule has 0 bridgehead atoms. The fraction of sp³-hybridized carbons (Fsp3) is 0.556. The summed E-state index contributed by atoms with van der Waals surface area (Å²) in [5.41, 5.74) is 5.87. The highest BCUT2D eigenvalue weighted by Gasteiger charge is 2.39. The molecule has 0 saturated carbocycles. The molecule has 92 valence electrons. The van der Waals surface area contributed by atoms with Crippen molar-refractivity contribution in [3.8, 4) is 0 Å². The highest BCUT2D eigenvalue weighted by atomic mass is 35.5. The van der Waals surface area contributed by atoms with E-state index in [1.165, 1.54) is 12.0 Å². The van der Waals surface area contributed by atoms with E-state index < -0.39 is 12.0 Å². The van der Waals surface area contributed by atoms with Gasteiger partial charge in [0.2, 0.25) is 5.91 Å². The van der Waals surface area contributed by atoms with Gasteiger partial charge in [-0.25, -0.2) is 4.79 Å². The van der Waals surface area contributed by atoms with Crippen LogP contribution in [0.1, 0.15) is 6.92 Å². The molecule has 0 aromatic rings. The number of nitrogens with zero attached hydrogens (tertiary/aromatic N) is 1. The van der Waals surface area contributed by atoms with E-state index >= 15 is 0 Å². The van der Waals surface area contributed by atoms with Gasteiger partial charge in [-0.3, -0.25) is 4.79 Å². The van der Waals surface area contributed by atoms with E-state index in [0.29, 0.717) is 5.57 Å². The van der Waals surface area contributed by atoms with E-state index in [-0.39, 0.29) is 37.2 Å². The number of carboxylic acids is 1. The Kier molecular flexibility index (Phi) is 5.43. The summed E-state index contributed by atoms with van der Waals surface area (Å²) in [4.78, 5) is 23.4. The van der Waals surface area contributed by atoms with Crippen LogP contribution in [0, 0.1) is 0 Å². The number of rotatable bonds is 4. The third kappa shape index (κ3) is 2.72. The quantitative estimate of drug-likeness (QED) is 0.522. The highest BCUT2D eigenvalue weighted by Crippen LogP contribution is 2.19. The number of nitrogens with two attached hydrogens (primary N) is 1. The van der Waals surface area contributed by atoms with Crippen molar-refractivity contribution in [1.82, 2.24) is 4.90 Å². The first-order valence-corrected chi connectivity index (χ1v) is 4.48. The number of amides is 1. The van der Waals surface area contributed by atoms with Gasteiger partial charge in [0.25, 0.3) is 0 Å². The number of likely N-dealkylation sites (tertiary alicyclic amines) is 1. The molecule has 1 atom stereocenters. The molecule has 0 radical (unpaired) electrons. The number of carbonyl (C=O) groups is 2. The number of aliphatic carboxylic acids is 1. The minimum Gasteiger partial charge on any atom is -0.477 e. The van der Waals surface area contributed by atoms with Crippen LogP contribution in [-0.2, 0) is 14.3 Å². The first-order chi connectivity index (χ1) is 6.99. The molecule has 0 spiro atoms. The summed E-state index contributed by atoms with van der Waals surface area (Å²) in [5, 5.41) is 8.96. The van der Waals surface area contributed by atoms with E-state index in [9.17, 15) is 9.59 Å². The number of carboxylic acid groups (broad SMARTS) is 1. The van der Waals surface area contributed by atoms with Gasteiger partial charge in [-0.15, -0.1) is 12.4 Å². The van der Waals surface area contributed by atoms with Gasteiger partial charge in [0.15, 0.2) is 0 Å². The van der Waals surface area contributed by atoms with Crippen molar-refractivity contribution < 1.29 is 19.4 Å². The molecule has 1 fully saturated rings. The summed E-state index contributed by atoms with van der Waals surface area (Å²) in [7, 11) is 1.46. The Labute approximate surface area is 99.4 Å². The van der Waals surface area contributed by atoms with E-state index in [1.54, 1.807) is 6.92 Å². The third-order valence-corrected chi connectivity index (χ3v) is 2.20. The van der Waals surface area contributed by atoms with Crippen molar-refractivity contribution in [2.24, 2.45) is 5.73 Å². The molecule has 0 aromatic heterocycles. The molecule has 1 unspecified atom stereocenters. The van der Waals surface area contributed by atoms with E-state index in [1.807, 2.05) is 0 Å². The molecule has 6 nitrogen and oxygen atoms in total. The fourth-order valence-electron chi connectivity index (χ4n) is 1.47. The monoisotopic (exact) mass is 250 g/mol. The standard InChI is InChI=1S/C9H14N2O4.ClH/c1-5(4-15-2)7(9(13)14)11-3-6(10)8(11)12;/h6H,3-4,10H2,1-2H3,(H,13,14);1H. The number of ether oxygens (including phenoxy) is 1. The van der Waals surface area contributed by atoms with Gasteiger partial charge in [-0.05, 0) is 12.5 Å². The number of hydrogen-bond donors (Lipinski definition) is 2. The average molecular weight is 251 g/mol. The van der Waals surface area contributed by atoms with E-state index in [4.69, 9.17) is 15.6 Å². The van der Waals surface area contributed by atoms with Gasteiger partial charge in [0, 0.05) is 7.11 Å². The Morgan fingerprint density at radius 3 is 2.56 bits per heavy atom. The lowest BCUT2D eigenvalue weighted by molar-refractivity contribution is -0.146. The Hall–Kier alpha value is -1.11. The van der Waals surface area contributed by atoms with Crippen LogP contribution in [-0.4, -0.2) is 48.2 Å². The van der Waals surface area contributed by atoms with Crippen molar-refractivity contribution in [2.45, 2.75) is 13.0 Å². The maximum atomic E-state index is 11.3. The van der Waals surface area contributed by atoms with Crippen LogP contribution < -0.4 is 5.73 Å². The Bertz CT molecular complexity index is 329. The molecule has 1 heterocycles. The first kappa shape index (κ1) is 14.9. The number of carbonyl (C=O) groups excluding carboxylic acids is 1. The number of β-lactam (4-membered cyclic amide) rings is 1. The van der Waals surface area contributed by atoms with Gasteiger partial charge in [-0.2, -0.15) is 0 Å². The topological polar surface area (TPSA) is 92.9 Å². The molecule has 3 N–H and O–H groups in total. The lowest BCUT2D eigenvalue weighted by Gasteiger charge is -2.36.